The minimum atomic E-state index is 0.233. The van der Waals surface area contributed by atoms with Gasteiger partial charge in [-0.25, -0.2) is 4.98 Å². The molecule has 0 amide bonds. The van der Waals surface area contributed by atoms with Crippen molar-refractivity contribution < 1.29 is 13.9 Å². The van der Waals surface area contributed by atoms with Crippen molar-refractivity contribution in [3.8, 4) is 34.1 Å². The zero-order valence-corrected chi connectivity index (χ0v) is 25.2. The maximum atomic E-state index is 6.50. The molecular weight excluding hydrogens is 532 g/mol. The van der Waals surface area contributed by atoms with E-state index in [4.69, 9.17) is 18.9 Å². The van der Waals surface area contributed by atoms with E-state index in [0.29, 0.717) is 19.0 Å². The number of rotatable bonds is 11. The fourth-order valence-corrected chi connectivity index (χ4v) is 5.71. The van der Waals surface area contributed by atoms with Gasteiger partial charge in [-0.3, -0.25) is 4.90 Å². The lowest BCUT2D eigenvalue weighted by atomic mass is 9.96. The van der Waals surface area contributed by atoms with Crippen LogP contribution in [-0.2, 0) is 19.8 Å². The summed E-state index contributed by atoms with van der Waals surface area (Å²) in [6.45, 7) is 8.64. The van der Waals surface area contributed by atoms with Crippen LogP contribution in [0.15, 0.2) is 108 Å². The minimum Gasteiger partial charge on any atom is -0.488 e. The fraction of sp³-hybridized carbons (Fsp3) is 0.289. The van der Waals surface area contributed by atoms with Gasteiger partial charge in [0, 0.05) is 23.7 Å². The molecule has 43 heavy (non-hydrogen) atoms. The monoisotopic (exact) mass is 572 g/mol. The van der Waals surface area contributed by atoms with Gasteiger partial charge in [0.25, 0.3) is 0 Å². The number of oxazole rings is 1. The summed E-state index contributed by atoms with van der Waals surface area (Å²) in [4.78, 5) is 7.27. The molecule has 0 unspecified atom stereocenters. The molecule has 220 valence electrons. The molecule has 0 aliphatic carbocycles. The number of likely N-dealkylation sites (tertiary alicyclic amines) is 1. The van der Waals surface area contributed by atoms with Crippen molar-refractivity contribution in [2.75, 3.05) is 13.1 Å². The van der Waals surface area contributed by atoms with Crippen LogP contribution in [0.5, 0.6) is 11.5 Å². The van der Waals surface area contributed by atoms with Crippen molar-refractivity contribution in [3.05, 3.63) is 126 Å². The van der Waals surface area contributed by atoms with E-state index < -0.39 is 0 Å². The molecule has 2 heterocycles. The molecule has 0 atom stereocenters. The molecule has 1 aliphatic rings. The van der Waals surface area contributed by atoms with Crippen LogP contribution in [0.3, 0.4) is 0 Å². The molecule has 6 rings (SSSR count). The predicted molar refractivity (Wildman–Crippen MR) is 172 cm³/mol. The highest BCUT2D eigenvalue weighted by atomic mass is 16.5. The molecule has 0 N–H and O–H groups in total. The van der Waals surface area contributed by atoms with Gasteiger partial charge >= 0.3 is 0 Å². The topological polar surface area (TPSA) is 47.7 Å². The molecule has 1 aromatic heterocycles. The van der Waals surface area contributed by atoms with Crippen molar-refractivity contribution in [2.24, 2.45) is 0 Å². The molecule has 0 radical (unpaired) electrons. The first-order valence-corrected chi connectivity index (χ1v) is 15.4. The number of ether oxygens (including phenoxy) is 2. The van der Waals surface area contributed by atoms with Gasteiger partial charge in [-0.05, 0) is 60.2 Å². The zero-order valence-electron chi connectivity index (χ0n) is 25.2. The van der Waals surface area contributed by atoms with Crippen LogP contribution in [-0.4, -0.2) is 23.0 Å². The van der Waals surface area contributed by atoms with Crippen molar-refractivity contribution >= 4 is 0 Å². The van der Waals surface area contributed by atoms with Crippen LogP contribution in [0.2, 0.25) is 0 Å². The summed E-state index contributed by atoms with van der Waals surface area (Å²) in [6, 6.07) is 33.4. The molecular formula is C38H40N2O3. The lowest BCUT2D eigenvalue weighted by molar-refractivity contribution is 0.221. The summed E-state index contributed by atoms with van der Waals surface area (Å²) >= 11 is 0. The van der Waals surface area contributed by atoms with Gasteiger partial charge in [0.1, 0.15) is 30.4 Å². The van der Waals surface area contributed by atoms with E-state index in [1.165, 1.54) is 44.3 Å². The first-order chi connectivity index (χ1) is 21.1. The molecule has 5 heteroatoms. The van der Waals surface area contributed by atoms with Crippen LogP contribution in [0.1, 0.15) is 61.3 Å². The highest BCUT2D eigenvalue weighted by Gasteiger charge is 2.22. The maximum Gasteiger partial charge on any atom is 0.182 e. The van der Waals surface area contributed by atoms with Crippen LogP contribution < -0.4 is 9.47 Å². The second kappa shape index (κ2) is 13.7. The predicted octanol–water partition coefficient (Wildman–Crippen LogP) is 9.28. The van der Waals surface area contributed by atoms with E-state index in [-0.39, 0.29) is 5.92 Å². The maximum absolute atomic E-state index is 6.50. The number of nitrogens with zero attached hydrogens (tertiary/aromatic N) is 2. The standard InChI is InChI=1S/C38H40N2O3/c1-28(2)33-22-34(37-38(43-27-39-37)32-18-16-29(17-19-32)24-40-20-10-5-11-21-40)36(42-26-31-14-8-4-9-15-31)23-35(33)41-25-30-12-6-3-7-13-30/h3-4,6-9,12-19,22-23,27-28H,5,10-11,20-21,24-26H2,1-2H3. The first-order valence-electron chi connectivity index (χ1n) is 15.4. The molecule has 5 aromatic rings. The average molecular weight is 573 g/mol. The van der Waals surface area contributed by atoms with Crippen LogP contribution >= 0.6 is 0 Å². The lowest BCUT2D eigenvalue weighted by Gasteiger charge is -2.26. The third-order valence-corrected chi connectivity index (χ3v) is 8.10. The Hall–Kier alpha value is -4.35. The van der Waals surface area contributed by atoms with E-state index in [1.54, 1.807) is 0 Å². The van der Waals surface area contributed by atoms with Crippen LogP contribution in [0, 0.1) is 0 Å². The number of piperidine rings is 1. The van der Waals surface area contributed by atoms with Crippen molar-refractivity contribution in [2.45, 2.75) is 58.8 Å². The van der Waals surface area contributed by atoms with Crippen molar-refractivity contribution in [1.29, 1.82) is 0 Å². The second-order valence-electron chi connectivity index (χ2n) is 11.7. The number of aromatic nitrogens is 1. The third kappa shape index (κ3) is 7.18. The summed E-state index contributed by atoms with van der Waals surface area (Å²) < 4.78 is 19.0. The molecule has 1 fully saturated rings. The highest BCUT2D eigenvalue weighted by Crippen LogP contribution is 2.42. The van der Waals surface area contributed by atoms with Gasteiger partial charge in [-0.2, -0.15) is 0 Å². The van der Waals surface area contributed by atoms with Crippen molar-refractivity contribution in [1.82, 2.24) is 9.88 Å². The molecule has 0 spiro atoms. The van der Waals surface area contributed by atoms with Crippen LogP contribution in [0.25, 0.3) is 22.6 Å². The van der Waals surface area contributed by atoms with Gasteiger partial charge in [0.2, 0.25) is 0 Å². The summed E-state index contributed by atoms with van der Waals surface area (Å²) in [5.41, 5.74) is 7.30. The molecule has 0 bridgehead atoms. The minimum absolute atomic E-state index is 0.233. The number of benzene rings is 4. The Morgan fingerprint density at radius 1 is 0.721 bits per heavy atom. The van der Waals surface area contributed by atoms with E-state index in [1.807, 2.05) is 42.5 Å². The average Bonchev–Trinajstić information content (AvgIpc) is 3.54. The second-order valence-corrected chi connectivity index (χ2v) is 11.7. The smallest absolute Gasteiger partial charge is 0.182 e. The molecule has 5 nitrogen and oxygen atoms in total. The van der Waals surface area contributed by atoms with Gasteiger partial charge in [0.15, 0.2) is 12.2 Å². The van der Waals surface area contributed by atoms with E-state index in [0.717, 1.165) is 51.6 Å². The normalized spacial score (nSPS) is 13.7. The van der Waals surface area contributed by atoms with Crippen molar-refractivity contribution in [3.63, 3.8) is 0 Å². The lowest BCUT2D eigenvalue weighted by Crippen LogP contribution is -2.28. The van der Waals surface area contributed by atoms with Gasteiger partial charge in [-0.15, -0.1) is 0 Å². The van der Waals surface area contributed by atoms with Gasteiger partial charge < -0.3 is 13.9 Å². The summed E-state index contributed by atoms with van der Waals surface area (Å²) in [6.07, 6.45) is 5.47. The Bertz CT molecular complexity index is 1590. The molecule has 1 saturated heterocycles. The van der Waals surface area contributed by atoms with Gasteiger partial charge in [0.05, 0.1) is 0 Å². The largest absolute Gasteiger partial charge is 0.488 e. The number of hydrogen-bond donors (Lipinski definition) is 0. The Morgan fingerprint density at radius 2 is 1.35 bits per heavy atom. The highest BCUT2D eigenvalue weighted by molar-refractivity contribution is 5.81. The molecule has 1 aliphatic heterocycles. The quantitative estimate of drug-likeness (QED) is 0.158. The Morgan fingerprint density at radius 3 is 1.98 bits per heavy atom. The zero-order chi connectivity index (χ0) is 29.4. The van der Waals surface area contributed by atoms with E-state index >= 15 is 0 Å². The summed E-state index contributed by atoms with van der Waals surface area (Å²) in [7, 11) is 0. The van der Waals surface area contributed by atoms with E-state index in [2.05, 4.69) is 73.3 Å². The fourth-order valence-electron chi connectivity index (χ4n) is 5.71. The Kier molecular flexibility index (Phi) is 9.19. The van der Waals surface area contributed by atoms with Gasteiger partial charge in [-0.1, -0.05) is 105 Å². The molecule has 4 aromatic carbocycles. The third-order valence-electron chi connectivity index (χ3n) is 8.10. The van der Waals surface area contributed by atoms with E-state index in [9.17, 15) is 0 Å². The van der Waals surface area contributed by atoms with Crippen LogP contribution in [0.4, 0.5) is 0 Å². The summed E-state index contributed by atoms with van der Waals surface area (Å²) in [5.74, 6) is 2.50. The number of hydrogen-bond acceptors (Lipinski definition) is 5. The SMILES string of the molecule is CC(C)c1cc(-c2ncoc2-c2ccc(CN3CCCCC3)cc2)c(OCc2ccccc2)cc1OCc1ccccc1. The summed E-state index contributed by atoms with van der Waals surface area (Å²) in [5, 5.41) is 0. The Balaban J connectivity index is 1.33. The molecule has 0 saturated carbocycles. The first kappa shape index (κ1) is 28.8. The Labute approximate surface area is 255 Å².